The van der Waals surface area contributed by atoms with E-state index in [9.17, 15) is 8.42 Å². The van der Waals surface area contributed by atoms with Crippen molar-refractivity contribution in [1.82, 2.24) is 4.72 Å². The highest BCUT2D eigenvalue weighted by Gasteiger charge is 2.17. The first-order chi connectivity index (χ1) is 9.42. The average molecular weight is 301 g/mol. The molecular formula is C14H23NO4S. The van der Waals surface area contributed by atoms with E-state index in [2.05, 4.69) is 4.72 Å². The van der Waals surface area contributed by atoms with E-state index in [0.29, 0.717) is 25.3 Å². The predicted molar refractivity (Wildman–Crippen MR) is 78.8 cm³/mol. The van der Waals surface area contributed by atoms with Gasteiger partial charge in [-0.25, -0.2) is 13.1 Å². The topological polar surface area (TPSA) is 64.6 Å². The van der Waals surface area contributed by atoms with Crippen molar-refractivity contribution >= 4 is 10.0 Å². The van der Waals surface area contributed by atoms with Crippen LogP contribution >= 0.6 is 0 Å². The van der Waals surface area contributed by atoms with Gasteiger partial charge in [0.25, 0.3) is 0 Å². The average Bonchev–Trinajstić information content (AvgIpc) is 2.42. The molecule has 0 heterocycles. The molecular weight excluding hydrogens is 278 g/mol. The van der Waals surface area contributed by atoms with Gasteiger partial charge in [0.2, 0.25) is 10.0 Å². The van der Waals surface area contributed by atoms with Crippen molar-refractivity contribution in [1.29, 1.82) is 0 Å². The Morgan fingerprint density at radius 3 is 2.50 bits per heavy atom. The van der Waals surface area contributed by atoms with Crippen LogP contribution in [0.1, 0.15) is 31.7 Å². The summed E-state index contributed by atoms with van der Waals surface area (Å²) >= 11 is 0. The summed E-state index contributed by atoms with van der Waals surface area (Å²) in [4.78, 5) is 0.263. The number of sulfonamides is 1. The molecule has 5 nitrogen and oxygen atoms in total. The Balaban J connectivity index is 2.92. The highest BCUT2D eigenvalue weighted by atomic mass is 32.2. The molecule has 0 aliphatic heterocycles. The molecule has 0 aliphatic carbocycles. The second-order valence-corrected chi connectivity index (χ2v) is 6.57. The van der Waals surface area contributed by atoms with Crippen molar-refractivity contribution in [2.45, 2.75) is 31.1 Å². The van der Waals surface area contributed by atoms with Crippen LogP contribution in [0.15, 0.2) is 23.1 Å². The SMILES string of the molecule is COCCCNS(=O)(=O)c1ccc(OC)c(C(C)C)c1. The van der Waals surface area contributed by atoms with Gasteiger partial charge in [-0.05, 0) is 36.1 Å². The van der Waals surface area contributed by atoms with Crippen LogP contribution in [0.2, 0.25) is 0 Å². The molecule has 1 aromatic carbocycles. The molecule has 20 heavy (non-hydrogen) atoms. The van der Waals surface area contributed by atoms with Gasteiger partial charge >= 0.3 is 0 Å². The molecule has 0 radical (unpaired) electrons. The van der Waals surface area contributed by atoms with E-state index in [1.165, 1.54) is 0 Å². The fraction of sp³-hybridized carbons (Fsp3) is 0.571. The summed E-state index contributed by atoms with van der Waals surface area (Å²) < 4.78 is 37.1. The molecule has 114 valence electrons. The fourth-order valence-corrected chi connectivity index (χ4v) is 2.95. The van der Waals surface area contributed by atoms with E-state index in [1.807, 2.05) is 13.8 Å². The first-order valence-corrected chi connectivity index (χ1v) is 8.07. The lowest BCUT2D eigenvalue weighted by molar-refractivity contribution is 0.196. The van der Waals surface area contributed by atoms with E-state index in [0.717, 1.165) is 5.56 Å². The Kier molecular flexibility index (Phi) is 6.45. The summed E-state index contributed by atoms with van der Waals surface area (Å²) in [5, 5.41) is 0. The van der Waals surface area contributed by atoms with Gasteiger partial charge in [-0.2, -0.15) is 0 Å². The lowest BCUT2D eigenvalue weighted by atomic mass is 10.0. The molecule has 0 fully saturated rings. The van der Waals surface area contributed by atoms with Crippen molar-refractivity contribution in [2.24, 2.45) is 0 Å². The maximum absolute atomic E-state index is 12.2. The summed E-state index contributed by atoms with van der Waals surface area (Å²) in [5.41, 5.74) is 0.882. The molecule has 0 aliphatic rings. The van der Waals surface area contributed by atoms with Gasteiger partial charge in [0.1, 0.15) is 5.75 Å². The number of hydrogen-bond donors (Lipinski definition) is 1. The summed E-state index contributed by atoms with van der Waals surface area (Å²) in [7, 11) is -0.311. The van der Waals surface area contributed by atoms with Crippen LogP contribution in [0.5, 0.6) is 5.75 Å². The maximum Gasteiger partial charge on any atom is 0.240 e. The third-order valence-electron chi connectivity index (χ3n) is 2.95. The summed E-state index contributed by atoms with van der Waals surface area (Å²) in [6.07, 6.45) is 0.642. The zero-order valence-electron chi connectivity index (χ0n) is 12.5. The molecule has 1 N–H and O–H groups in total. The van der Waals surface area contributed by atoms with E-state index in [1.54, 1.807) is 32.4 Å². The van der Waals surface area contributed by atoms with Crippen LogP contribution in [0.25, 0.3) is 0 Å². The van der Waals surface area contributed by atoms with Crippen LogP contribution in [0, 0.1) is 0 Å². The standard InChI is InChI=1S/C14H23NO4S/c1-11(2)13-10-12(6-7-14(13)19-4)20(16,17)15-8-5-9-18-3/h6-7,10-11,15H,5,8-9H2,1-4H3. The largest absolute Gasteiger partial charge is 0.496 e. The van der Waals surface area contributed by atoms with Crippen molar-refractivity contribution in [3.63, 3.8) is 0 Å². The Hall–Kier alpha value is -1.11. The predicted octanol–water partition coefficient (Wildman–Crippen LogP) is 2.13. The molecule has 6 heteroatoms. The first-order valence-electron chi connectivity index (χ1n) is 6.59. The molecule has 0 saturated carbocycles. The van der Waals surface area contributed by atoms with Crippen molar-refractivity contribution in [3.05, 3.63) is 23.8 Å². The fourth-order valence-electron chi connectivity index (χ4n) is 1.84. The Labute approximate surface area is 121 Å². The Morgan fingerprint density at radius 1 is 1.25 bits per heavy atom. The number of hydrogen-bond acceptors (Lipinski definition) is 4. The molecule has 0 atom stereocenters. The number of nitrogens with one attached hydrogen (secondary N) is 1. The molecule has 1 rings (SSSR count). The number of benzene rings is 1. The minimum Gasteiger partial charge on any atom is -0.496 e. The zero-order valence-corrected chi connectivity index (χ0v) is 13.3. The third kappa shape index (κ3) is 4.47. The third-order valence-corrected chi connectivity index (χ3v) is 4.41. The molecule has 1 aromatic rings. The van der Waals surface area contributed by atoms with Crippen LogP contribution in [-0.2, 0) is 14.8 Å². The van der Waals surface area contributed by atoms with Crippen molar-refractivity contribution in [3.8, 4) is 5.75 Å². The molecule has 0 spiro atoms. The van der Waals surface area contributed by atoms with Crippen LogP contribution in [0.4, 0.5) is 0 Å². The number of methoxy groups -OCH3 is 2. The van der Waals surface area contributed by atoms with E-state index in [-0.39, 0.29) is 10.8 Å². The van der Waals surface area contributed by atoms with Crippen molar-refractivity contribution < 1.29 is 17.9 Å². The summed E-state index contributed by atoms with van der Waals surface area (Å²) in [5.74, 6) is 0.895. The maximum atomic E-state index is 12.2. The molecule has 0 amide bonds. The van der Waals surface area contributed by atoms with Gasteiger partial charge < -0.3 is 9.47 Å². The molecule has 0 bridgehead atoms. The van der Waals surface area contributed by atoms with E-state index < -0.39 is 10.0 Å². The van der Waals surface area contributed by atoms with Crippen LogP contribution in [0.3, 0.4) is 0 Å². The lowest BCUT2D eigenvalue weighted by Gasteiger charge is -2.14. The van der Waals surface area contributed by atoms with Gasteiger partial charge in [0.15, 0.2) is 0 Å². The first kappa shape index (κ1) is 16.9. The van der Waals surface area contributed by atoms with Crippen LogP contribution in [-0.4, -0.2) is 35.8 Å². The lowest BCUT2D eigenvalue weighted by Crippen LogP contribution is -2.25. The summed E-state index contributed by atoms with van der Waals surface area (Å²) in [6.45, 7) is 4.89. The highest BCUT2D eigenvalue weighted by molar-refractivity contribution is 7.89. The highest BCUT2D eigenvalue weighted by Crippen LogP contribution is 2.28. The second kappa shape index (κ2) is 7.61. The Morgan fingerprint density at radius 2 is 1.95 bits per heavy atom. The Bertz CT molecular complexity index is 526. The zero-order chi connectivity index (χ0) is 15.2. The van der Waals surface area contributed by atoms with Gasteiger partial charge in [-0.3, -0.25) is 0 Å². The second-order valence-electron chi connectivity index (χ2n) is 4.80. The minimum atomic E-state index is -3.48. The number of rotatable bonds is 8. The van der Waals surface area contributed by atoms with E-state index >= 15 is 0 Å². The smallest absolute Gasteiger partial charge is 0.240 e. The van der Waals surface area contributed by atoms with Gasteiger partial charge in [-0.15, -0.1) is 0 Å². The van der Waals surface area contributed by atoms with Crippen LogP contribution < -0.4 is 9.46 Å². The van der Waals surface area contributed by atoms with E-state index in [4.69, 9.17) is 9.47 Å². The summed E-state index contributed by atoms with van der Waals surface area (Å²) in [6, 6.07) is 4.92. The molecule has 0 unspecified atom stereocenters. The molecule has 0 saturated heterocycles. The minimum absolute atomic E-state index is 0.189. The van der Waals surface area contributed by atoms with Gasteiger partial charge in [0, 0.05) is 20.3 Å². The quantitative estimate of drug-likeness (QED) is 0.747. The van der Waals surface area contributed by atoms with Gasteiger partial charge in [0.05, 0.1) is 12.0 Å². The number of ether oxygens (including phenoxy) is 2. The van der Waals surface area contributed by atoms with Crippen molar-refractivity contribution in [2.75, 3.05) is 27.4 Å². The normalized spacial score (nSPS) is 11.8. The molecule has 0 aromatic heterocycles. The van der Waals surface area contributed by atoms with Gasteiger partial charge in [-0.1, -0.05) is 13.8 Å². The monoisotopic (exact) mass is 301 g/mol.